The van der Waals surface area contributed by atoms with Crippen molar-refractivity contribution in [3.05, 3.63) is 58.7 Å². The zero-order valence-electron chi connectivity index (χ0n) is 13.3. The number of terminal acetylenes is 1. The van der Waals surface area contributed by atoms with Gasteiger partial charge in [0.25, 0.3) is 0 Å². The second-order valence-corrected chi connectivity index (χ2v) is 5.64. The Morgan fingerprint density at radius 1 is 0.864 bits per heavy atom. The van der Waals surface area contributed by atoms with E-state index in [0.29, 0.717) is 6.42 Å². The van der Waals surface area contributed by atoms with Crippen molar-refractivity contribution in [2.45, 2.75) is 27.2 Å². The Balaban J connectivity index is 0.000000847. The number of aryl methyl sites for hydroxylation is 3. The van der Waals surface area contributed by atoms with E-state index in [1.165, 1.54) is 38.2 Å². The predicted molar refractivity (Wildman–Crippen MR) is 95.3 cm³/mol. The molecule has 0 bridgehead atoms. The number of carbonyl (C=O) groups is 1. The summed E-state index contributed by atoms with van der Waals surface area (Å²) >= 11 is 0. The van der Waals surface area contributed by atoms with E-state index in [2.05, 4.69) is 70.0 Å². The molecule has 0 aliphatic rings. The second kappa shape index (κ2) is 6.45. The van der Waals surface area contributed by atoms with E-state index in [4.69, 9.17) is 0 Å². The molecule has 0 spiro atoms. The standard InChI is InChI=1S/C19H18O.C2H2/c1-12-8-14(3)18-15(9-12)4-5-16-10-13(2)11-17(6-7-20)19(16)18;1-2/h4-5,7-11H,6H2,1-3H3;1-2H. The average molecular weight is 288 g/mol. The highest BCUT2D eigenvalue weighted by Gasteiger charge is 2.09. The van der Waals surface area contributed by atoms with Crippen molar-refractivity contribution in [1.29, 1.82) is 0 Å². The molecule has 0 N–H and O–H groups in total. The van der Waals surface area contributed by atoms with Gasteiger partial charge in [-0.15, -0.1) is 12.8 Å². The maximum absolute atomic E-state index is 11.0. The molecule has 0 radical (unpaired) electrons. The van der Waals surface area contributed by atoms with Gasteiger partial charge in [-0.1, -0.05) is 47.5 Å². The fourth-order valence-electron chi connectivity index (χ4n) is 3.23. The summed E-state index contributed by atoms with van der Waals surface area (Å²) < 4.78 is 0. The summed E-state index contributed by atoms with van der Waals surface area (Å²) in [5, 5.41) is 5.00. The largest absolute Gasteiger partial charge is 0.303 e. The van der Waals surface area contributed by atoms with Gasteiger partial charge >= 0.3 is 0 Å². The van der Waals surface area contributed by atoms with Crippen LogP contribution in [0.3, 0.4) is 0 Å². The summed E-state index contributed by atoms with van der Waals surface area (Å²) in [6, 6.07) is 13.1. The Kier molecular flexibility index (Phi) is 4.63. The van der Waals surface area contributed by atoms with Crippen LogP contribution in [-0.4, -0.2) is 6.29 Å². The molecule has 1 nitrogen and oxygen atoms in total. The molecular formula is C21H20O. The smallest absolute Gasteiger partial charge is 0.124 e. The third kappa shape index (κ3) is 2.73. The van der Waals surface area contributed by atoms with Gasteiger partial charge in [-0.05, 0) is 53.4 Å². The molecule has 1 heteroatoms. The van der Waals surface area contributed by atoms with Crippen molar-refractivity contribution in [1.82, 2.24) is 0 Å². The molecule has 0 aliphatic carbocycles. The van der Waals surface area contributed by atoms with Crippen molar-refractivity contribution in [2.24, 2.45) is 0 Å². The first-order valence-corrected chi connectivity index (χ1v) is 7.30. The fourth-order valence-corrected chi connectivity index (χ4v) is 3.23. The number of benzene rings is 3. The lowest BCUT2D eigenvalue weighted by atomic mass is 9.91. The summed E-state index contributed by atoms with van der Waals surface area (Å²) in [6.07, 6.45) is 9.47. The number of rotatable bonds is 2. The number of fused-ring (bicyclic) bond motifs is 3. The van der Waals surface area contributed by atoms with E-state index in [-0.39, 0.29) is 0 Å². The first-order chi connectivity index (χ1) is 10.6. The predicted octanol–water partition coefficient (Wildman–Crippen LogP) is 4.91. The van der Waals surface area contributed by atoms with Gasteiger partial charge in [0.1, 0.15) is 6.29 Å². The minimum atomic E-state index is 0.477. The minimum Gasteiger partial charge on any atom is -0.303 e. The maximum atomic E-state index is 11.0. The molecule has 0 atom stereocenters. The first-order valence-electron chi connectivity index (χ1n) is 7.30. The van der Waals surface area contributed by atoms with Crippen LogP contribution in [0.5, 0.6) is 0 Å². The molecule has 22 heavy (non-hydrogen) atoms. The summed E-state index contributed by atoms with van der Waals surface area (Å²) in [4.78, 5) is 11.0. The van der Waals surface area contributed by atoms with E-state index in [9.17, 15) is 4.79 Å². The van der Waals surface area contributed by atoms with Crippen molar-refractivity contribution < 1.29 is 4.79 Å². The van der Waals surface area contributed by atoms with E-state index in [1.807, 2.05) is 0 Å². The quantitative estimate of drug-likeness (QED) is 0.372. The van der Waals surface area contributed by atoms with Crippen molar-refractivity contribution in [3.63, 3.8) is 0 Å². The number of hydrogen-bond acceptors (Lipinski definition) is 1. The Bertz CT molecular complexity index is 869. The number of carbonyl (C=O) groups excluding carboxylic acids is 1. The van der Waals surface area contributed by atoms with Gasteiger partial charge in [-0.25, -0.2) is 0 Å². The molecular weight excluding hydrogens is 268 g/mol. The van der Waals surface area contributed by atoms with Crippen LogP contribution in [0.25, 0.3) is 21.5 Å². The first kappa shape index (κ1) is 15.8. The molecule has 3 aromatic rings. The van der Waals surface area contributed by atoms with Crippen LogP contribution < -0.4 is 0 Å². The van der Waals surface area contributed by atoms with Crippen LogP contribution in [0.1, 0.15) is 22.3 Å². The van der Waals surface area contributed by atoms with Crippen LogP contribution in [0.15, 0.2) is 36.4 Å². The van der Waals surface area contributed by atoms with E-state index in [1.54, 1.807) is 0 Å². The molecule has 0 aliphatic heterocycles. The lowest BCUT2D eigenvalue weighted by molar-refractivity contribution is -0.107. The maximum Gasteiger partial charge on any atom is 0.124 e. The molecule has 110 valence electrons. The Morgan fingerprint density at radius 2 is 1.41 bits per heavy atom. The molecule has 0 heterocycles. The summed E-state index contributed by atoms with van der Waals surface area (Å²) in [5.41, 5.74) is 4.89. The minimum absolute atomic E-state index is 0.477. The molecule has 3 rings (SSSR count). The monoisotopic (exact) mass is 288 g/mol. The zero-order valence-corrected chi connectivity index (χ0v) is 13.3. The average Bonchev–Trinajstić information content (AvgIpc) is 2.49. The van der Waals surface area contributed by atoms with Gasteiger partial charge in [0.2, 0.25) is 0 Å². The zero-order chi connectivity index (χ0) is 16.3. The Hall–Kier alpha value is -2.59. The van der Waals surface area contributed by atoms with Crippen LogP contribution in [0.4, 0.5) is 0 Å². The van der Waals surface area contributed by atoms with Crippen LogP contribution in [0, 0.1) is 33.6 Å². The van der Waals surface area contributed by atoms with Crippen LogP contribution >= 0.6 is 0 Å². The normalized spacial score (nSPS) is 10.2. The van der Waals surface area contributed by atoms with Crippen molar-refractivity contribution >= 4 is 27.8 Å². The van der Waals surface area contributed by atoms with Crippen LogP contribution in [0.2, 0.25) is 0 Å². The molecule has 0 fully saturated rings. The van der Waals surface area contributed by atoms with Gasteiger partial charge < -0.3 is 4.79 Å². The molecule has 0 saturated carbocycles. The van der Waals surface area contributed by atoms with E-state index < -0.39 is 0 Å². The molecule has 0 unspecified atom stereocenters. The lowest BCUT2D eigenvalue weighted by Gasteiger charge is -2.13. The second-order valence-electron chi connectivity index (χ2n) is 5.64. The van der Waals surface area contributed by atoms with Gasteiger partial charge in [-0.3, -0.25) is 0 Å². The third-order valence-electron chi connectivity index (χ3n) is 3.90. The fraction of sp³-hybridized carbons (Fsp3) is 0.190. The van der Waals surface area contributed by atoms with Crippen molar-refractivity contribution in [2.75, 3.05) is 0 Å². The number of hydrogen-bond donors (Lipinski definition) is 0. The molecule has 0 aromatic heterocycles. The highest BCUT2D eigenvalue weighted by atomic mass is 16.1. The highest BCUT2D eigenvalue weighted by Crippen LogP contribution is 2.32. The van der Waals surface area contributed by atoms with E-state index in [0.717, 1.165) is 11.8 Å². The van der Waals surface area contributed by atoms with Crippen LogP contribution in [-0.2, 0) is 11.2 Å². The summed E-state index contributed by atoms with van der Waals surface area (Å²) in [6.45, 7) is 6.36. The molecule has 0 amide bonds. The molecule has 0 saturated heterocycles. The third-order valence-corrected chi connectivity index (χ3v) is 3.90. The van der Waals surface area contributed by atoms with E-state index >= 15 is 0 Å². The lowest BCUT2D eigenvalue weighted by Crippen LogP contribution is -1.93. The topological polar surface area (TPSA) is 17.1 Å². The summed E-state index contributed by atoms with van der Waals surface area (Å²) in [5.74, 6) is 0. The SMILES string of the molecule is C#C.Cc1cc(C)c2c(ccc3cc(C)cc(CC=O)c32)c1. The van der Waals surface area contributed by atoms with Gasteiger partial charge in [0.15, 0.2) is 0 Å². The van der Waals surface area contributed by atoms with Crippen molar-refractivity contribution in [3.8, 4) is 12.8 Å². The van der Waals surface area contributed by atoms with Gasteiger partial charge in [-0.2, -0.15) is 0 Å². The van der Waals surface area contributed by atoms with Gasteiger partial charge in [0.05, 0.1) is 0 Å². The summed E-state index contributed by atoms with van der Waals surface area (Å²) in [7, 11) is 0. The Morgan fingerprint density at radius 3 is 2.00 bits per heavy atom. The Labute approximate surface area is 132 Å². The highest BCUT2D eigenvalue weighted by molar-refractivity contribution is 6.11. The molecule has 3 aromatic carbocycles. The number of aldehydes is 1. The van der Waals surface area contributed by atoms with Gasteiger partial charge in [0, 0.05) is 6.42 Å².